The maximum Gasteiger partial charge on any atom is 0.242 e. The number of carbonyl (C=O) groups excluding carboxylic acids is 2. The second-order valence-corrected chi connectivity index (χ2v) is 7.73. The van der Waals surface area contributed by atoms with E-state index in [4.69, 9.17) is 39.5 Å². The van der Waals surface area contributed by atoms with Crippen molar-refractivity contribution in [3.05, 3.63) is 63.1 Å². The van der Waals surface area contributed by atoms with Crippen LogP contribution in [0.4, 0.5) is 0 Å². The van der Waals surface area contributed by atoms with Crippen LogP contribution in [0.1, 0.15) is 25.3 Å². The number of nitrogens with one attached hydrogen (secondary N) is 1. The summed E-state index contributed by atoms with van der Waals surface area (Å²) in [5, 5.41) is 4.17. The minimum atomic E-state index is -0.642. The van der Waals surface area contributed by atoms with Gasteiger partial charge < -0.3 is 15.0 Å². The minimum absolute atomic E-state index is 0.160. The molecule has 2 aromatic rings. The van der Waals surface area contributed by atoms with E-state index in [2.05, 4.69) is 5.32 Å². The highest BCUT2D eigenvalue weighted by Gasteiger charge is 2.25. The number of hydrogen-bond acceptors (Lipinski definition) is 3. The fraction of sp³-hybridized carbons (Fsp3) is 0.333. The Kier molecular flexibility index (Phi) is 9.08. The van der Waals surface area contributed by atoms with Crippen LogP contribution in [0, 0.1) is 0 Å². The van der Waals surface area contributed by atoms with E-state index in [1.165, 1.54) is 11.9 Å². The van der Waals surface area contributed by atoms with Crippen LogP contribution in [0.15, 0.2) is 42.5 Å². The molecule has 0 radical (unpaired) electrons. The fourth-order valence-corrected chi connectivity index (χ4v) is 3.31. The van der Waals surface area contributed by atoms with E-state index in [1.54, 1.807) is 49.4 Å². The highest BCUT2D eigenvalue weighted by atomic mass is 35.5. The van der Waals surface area contributed by atoms with Crippen molar-refractivity contribution in [2.75, 3.05) is 13.7 Å². The van der Waals surface area contributed by atoms with Crippen molar-refractivity contribution in [2.24, 2.45) is 0 Å². The first-order valence-corrected chi connectivity index (χ1v) is 10.3. The van der Waals surface area contributed by atoms with Crippen LogP contribution >= 0.6 is 34.8 Å². The van der Waals surface area contributed by atoms with Crippen LogP contribution in [0.3, 0.4) is 0 Å². The summed E-state index contributed by atoms with van der Waals surface area (Å²) in [4.78, 5) is 26.5. The second kappa shape index (κ2) is 11.3. The first-order chi connectivity index (χ1) is 13.8. The van der Waals surface area contributed by atoms with Gasteiger partial charge in [0, 0.05) is 35.1 Å². The van der Waals surface area contributed by atoms with Crippen LogP contribution in [0.5, 0.6) is 5.75 Å². The summed E-state index contributed by atoms with van der Waals surface area (Å²) in [5.41, 5.74) is 0.720. The maximum absolute atomic E-state index is 12.8. The van der Waals surface area contributed by atoms with Crippen molar-refractivity contribution in [1.82, 2.24) is 10.2 Å². The molecular weight excluding hydrogens is 435 g/mol. The molecule has 1 N–H and O–H groups in total. The van der Waals surface area contributed by atoms with Crippen LogP contribution in [-0.2, 0) is 16.1 Å². The maximum atomic E-state index is 12.8. The Bertz CT molecular complexity index is 844. The van der Waals surface area contributed by atoms with Gasteiger partial charge >= 0.3 is 0 Å². The third-order valence-electron chi connectivity index (χ3n) is 4.39. The predicted molar refractivity (Wildman–Crippen MR) is 117 cm³/mol. The normalized spacial score (nSPS) is 11.6. The molecule has 0 saturated heterocycles. The number of benzene rings is 2. The molecule has 29 heavy (non-hydrogen) atoms. The summed E-state index contributed by atoms with van der Waals surface area (Å²) in [7, 11) is 1.54. The van der Waals surface area contributed by atoms with Gasteiger partial charge in [0.2, 0.25) is 11.8 Å². The van der Waals surface area contributed by atoms with E-state index in [0.717, 1.165) is 5.56 Å². The summed E-state index contributed by atoms with van der Waals surface area (Å²) < 4.78 is 5.63. The molecule has 1 atom stereocenters. The zero-order valence-corrected chi connectivity index (χ0v) is 18.5. The molecule has 0 aliphatic rings. The molecular formula is C21H23Cl3N2O3. The summed E-state index contributed by atoms with van der Waals surface area (Å²) in [6.07, 6.45) is 0.743. The molecule has 0 heterocycles. The average molecular weight is 458 g/mol. The number of rotatable bonds is 9. The number of halogens is 3. The molecule has 0 spiro atoms. The standard InChI is InChI=1S/C21H23Cl3N2O3/c1-14(21(28)25-2)26(13-15-5-6-17(23)12-19(15)24)20(27)4-3-11-29-18-9-7-16(22)8-10-18/h5-10,12,14H,3-4,11,13H2,1-2H3,(H,25,28)/t14-/m1/s1. The Morgan fingerprint density at radius 1 is 1.07 bits per heavy atom. The van der Waals surface area contributed by atoms with Gasteiger partial charge in [0.15, 0.2) is 0 Å². The average Bonchev–Trinajstić information content (AvgIpc) is 2.70. The van der Waals surface area contributed by atoms with Gasteiger partial charge in [0.1, 0.15) is 11.8 Å². The number of hydrogen-bond donors (Lipinski definition) is 1. The summed E-state index contributed by atoms with van der Waals surface area (Å²) in [5.74, 6) is 0.276. The lowest BCUT2D eigenvalue weighted by Crippen LogP contribution is -2.46. The Hall–Kier alpha value is -1.95. The molecule has 8 heteroatoms. The second-order valence-electron chi connectivity index (χ2n) is 6.45. The minimum Gasteiger partial charge on any atom is -0.494 e. The van der Waals surface area contributed by atoms with Crippen molar-refractivity contribution < 1.29 is 14.3 Å². The van der Waals surface area contributed by atoms with Crippen molar-refractivity contribution in [3.8, 4) is 5.75 Å². The molecule has 2 aromatic carbocycles. The smallest absolute Gasteiger partial charge is 0.242 e. The number of nitrogens with zero attached hydrogens (tertiary/aromatic N) is 1. The Morgan fingerprint density at radius 3 is 2.34 bits per heavy atom. The number of ether oxygens (including phenoxy) is 1. The van der Waals surface area contributed by atoms with Crippen molar-refractivity contribution in [1.29, 1.82) is 0 Å². The number of carbonyl (C=O) groups is 2. The monoisotopic (exact) mass is 456 g/mol. The van der Waals surface area contributed by atoms with E-state index in [-0.39, 0.29) is 24.8 Å². The summed E-state index contributed by atoms with van der Waals surface area (Å²) in [6.45, 7) is 2.27. The lowest BCUT2D eigenvalue weighted by atomic mass is 10.1. The van der Waals surface area contributed by atoms with Crippen LogP contribution < -0.4 is 10.1 Å². The Morgan fingerprint density at radius 2 is 1.72 bits per heavy atom. The van der Waals surface area contributed by atoms with Gasteiger partial charge in [0.05, 0.1) is 6.61 Å². The van der Waals surface area contributed by atoms with Gasteiger partial charge in [-0.2, -0.15) is 0 Å². The Balaban J connectivity index is 2.00. The molecule has 0 aromatic heterocycles. The predicted octanol–water partition coefficient (Wildman–Crippen LogP) is 4.97. The lowest BCUT2D eigenvalue weighted by molar-refractivity contribution is -0.140. The fourth-order valence-electron chi connectivity index (χ4n) is 2.71. The van der Waals surface area contributed by atoms with Crippen molar-refractivity contribution in [2.45, 2.75) is 32.4 Å². The lowest BCUT2D eigenvalue weighted by Gasteiger charge is -2.28. The largest absolute Gasteiger partial charge is 0.494 e. The highest BCUT2D eigenvalue weighted by Crippen LogP contribution is 2.23. The van der Waals surface area contributed by atoms with E-state index < -0.39 is 6.04 Å². The first kappa shape index (κ1) is 23.3. The topological polar surface area (TPSA) is 58.6 Å². The van der Waals surface area contributed by atoms with Crippen molar-refractivity contribution >= 4 is 46.6 Å². The van der Waals surface area contributed by atoms with Crippen LogP contribution in [0.2, 0.25) is 15.1 Å². The molecule has 0 bridgehead atoms. The van der Waals surface area contributed by atoms with Gasteiger partial charge in [-0.1, -0.05) is 40.9 Å². The highest BCUT2D eigenvalue weighted by molar-refractivity contribution is 6.35. The van der Waals surface area contributed by atoms with E-state index >= 15 is 0 Å². The van der Waals surface area contributed by atoms with Crippen molar-refractivity contribution in [3.63, 3.8) is 0 Å². The molecule has 0 aliphatic carbocycles. The summed E-state index contributed by atoms with van der Waals surface area (Å²) >= 11 is 18.0. The molecule has 5 nitrogen and oxygen atoms in total. The van der Waals surface area contributed by atoms with E-state index in [0.29, 0.717) is 33.8 Å². The number of amides is 2. The van der Waals surface area contributed by atoms with Gasteiger partial charge in [-0.25, -0.2) is 0 Å². The van der Waals surface area contributed by atoms with E-state index in [1.807, 2.05) is 0 Å². The van der Waals surface area contributed by atoms with Gasteiger partial charge in [-0.3, -0.25) is 9.59 Å². The molecule has 0 fully saturated rings. The number of likely N-dealkylation sites (N-methyl/N-ethyl adjacent to an activating group) is 1. The third-order valence-corrected chi connectivity index (χ3v) is 5.23. The van der Waals surface area contributed by atoms with Gasteiger partial charge in [0.25, 0.3) is 0 Å². The van der Waals surface area contributed by atoms with Crippen LogP contribution in [0.25, 0.3) is 0 Å². The quantitative estimate of drug-likeness (QED) is 0.541. The van der Waals surface area contributed by atoms with Gasteiger partial charge in [-0.15, -0.1) is 0 Å². The SMILES string of the molecule is CNC(=O)[C@@H](C)N(Cc1ccc(Cl)cc1Cl)C(=O)CCCOc1ccc(Cl)cc1. The molecule has 0 aliphatic heterocycles. The molecule has 0 saturated carbocycles. The van der Waals surface area contributed by atoms with Crippen LogP contribution in [-0.4, -0.2) is 36.4 Å². The Labute approximate surface area is 185 Å². The molecule has 156 valence electrons. The first-order valence-electron chi connectivity index (χ1n) is 9.15. The molecule has 2 amide bonds. The van der Waals surface area contributed by atoms with E-state index in [9.17, 15) is 9.59 Å². The third kappa shape index (κ3) is 7.11. The molecule has 0 unspecified atom stereocenters. The summed E-state index contributed by atoms with van der Waals surface area (Å²) in [6, 6.07) is 11.5. The molecule has 2 rings (SSSR count). The zero-order chi connectivity index (χ0) is 21.4. The zero-order valence-electron chi connectivity index (χ0n) is 16.3. The van der Waals surface area contributed by atoms with Gasteiger partial charge in [-0.05, 0) is 55.3 Å².